The molecule has 0 aromatic heterocycles. The van der Waals surface area contributed by atoms with Crippen molar-refractivity contribution in [3.63, 3.8) is 0 Å². The van der Waals surface area contributed by atoms with Crippen LogP contribution >= 0.6 is 0 Å². The molecule has 26 heavy (non-hydrogen) atoms. The van der Waals surface area contributed by atoms with E-state index in [2.05, 4.69) is 0 Å². The van der Waals surface area contributed by atoms with Crippen LogP contribution in [0.25, 0.3) is 0 Å². The molecular weight excluding hydrogens is 341 g/mol. The van der Waals surface area contributed by atoms with Crippen LogP contribution in [0.2, 0.25) is 0 Å². The number of amides is 1. The first-order valence-electron chi connectivity index (χ1n) is 9.60. The summed E-state index contributed by atoms with van der Waals surface area (Å²) in [6.45, 7) is 2.36. The van der Waals surface area contributed by atoms with E-state index in [-0.39, 0.29) is 5.91 Å². The molecule has 0 N–H and O–H groups in total. The second-order valence-electron chi connectivity index (χ2n) is 8.05. The Bertz CT molecular complexity index is 667. The number of nitrogens with zero attached hydrogens (tertiary/aromatic N) is 2. The maximum absolute atomic E-state index is 12.9. The molecule has 0 spiro atoms. The van der Waals surface area contributed by atoms with Crippen LogP contribution < -0.4 is 4.90 Å². The number of carbonyl (C=O) groups is 1. The van der Waals surface area contributed by atoms with Gasteiger partial charge in [0.2, 0.25) is 5.91 Å². The van der Waals surface area contributed by atoms with Crippen LogP contribution in [0.15, 0.2) is 24.3 Å². The third-order valence-corrected chi connectivity index (χ3v) is 6.49. The minimum Gasteiger partial charge on any atom is -0.368 e. The normalized spacial score (nSPS) is 28.7. The van der Waals surface area contributed by atoms with Gasteiger partial charge in [-0.2, -0.15) is 13.2 Å². The minimum atomic E-state index is -4.32. The Hall–Kier alpha value is -1.72. The smallest absolute Gasteiger partial charge is 0.368 e. The van der Waals surface area contributed by atoms with E-state index in [0.717, 1.165) is 17.9 Å². The predicted octanol–water partition coefficient (Wildman–Crippen LogP) is 4.18. The largest absolute Gasteiger partial charge is 0.416 e. The summed E-state index contributed by atoms with van der Waals surface area (Å²) >= 11 is 0. The number of carbonyl (C=O) groups excluding carboxylic acids is 1. The van der Waals surface area contributed by atoms with Crippen molar-refractivity contribution in [2.75, 3.05) is 31.1 Å². The molecule has 0 radical (unpaired) electrons. The SMILES string of the molecule is O=C(C[C@@H]1C[C@H]2CC[C@H]1C2)N1CCN(c2cccc(C(F)(F)F)c2)CC1. The molecule has 2 bridgehead atoms. The highest BCUT2D eigenvalue weighted by Gasteiger charge is 2.40. The summed E-state index contributed by atoms with van der Waals surface area (Å²) in [5.74, 6) is 2.37. The van der Waals surface area contributed by atoms with Crippen LogP contribution in [0.1, 0.15) is 37.7 Å². The fourth-order valence-corrected chi connectivity index (χ4v) is 5.07. The topological polar surface area (TPSA) is 23.6 Å². The van der Waals surface area contributed by atoms with E-state index in [1.54, 1.807) is 6.07 Å². The van der Waals surface area contributed by atoms with Crippen molar-refractivity contribution in [3.05, 3.63) is 29.8 Å². The highest BCUT2D eigenvalue weighted by Crippen LogP contribution is 2.49. The second-order valence-corrected chi connectivity index (χ2v) is 8.05. The molecule has 1 amide bonds. The Balaban J connectivity index is 1.32. The molecule has 3 aliphatic rings. The predicted molar refractivity (Wildman–Crippen MR) is 93.8 cm³/mol. The van der Waals surface area contributed by atoms with Gasteiger partial charge in [0.15, 0.2) is 0 Å². The minimum absolute atomic E-state index is 0.228. The lowest BCUT2D eigenvalue weighted by atomic mass is 9.86. The number of fused-ring (bicyclic) bond motifs is 2. The van der Waals surface area contributed by atoms with Gasteiger partial charge in [-0.25, -0.2) is 0 Å². The molecule has 1 heterocycles. The maximum Gasteiger partial charge on any atom is 0.416 e. The molecule has 0 unspecified atom stereocenters. The fraction of sp³-hybridized carbons (Fsp3) is 0.650. The van der Waals surface area contributed by atoms with Crippen LogP contribution in [0, 0.1) is 17.8 Å². The summed E-state index contributed by atoms with van der Waals surface area (Å²) in [6, 6.07) is 5.46. The highest BCUT2D eigenvalue weighted by molar-refractivity contribution is 5.77. The maximum atomic E-state index is 12.9. The summed E-state index contributed by atoms with van der Waals surface area (Å²) in [7, 11) is 0. The zero-order chi connectivity index (χ0) is 18.3. The Morgan fingerprint density at radius 3 is 2.46 bits per heavy atom. The molecular formula is C20H25F3N2O. The van der Waals surface area contributed by atoms with Gasteiger partial charge in [-0.15, -0.1) is 0 Å². The van der Waals surface area contributed by atoms with E-state index >= 15 is 0 Å². The summed E-state index contributed by atoms with van der Waals surface area (Å²) in [6.07, 6.45) is 1.47. The van der Waals surface area contributed by atoms with Crippen molar-refractivity contribution < 1.29 is 18.0 Å². The van der Waals surface area contributed by atoms with Gasteiger partial charge in [0.25, 0.3) is 0 Å². The number of hydrogen-bond acceptors (Lipinski definition) is 2. The third-order valence-electron chi connectivity index (χ3n) is 6.49. The Kier molecular flexibility index (Phi) is 4.61. The average molecular weight is 366 g/mol. The molecule has 6 heteroatoms. The Labute approximate surface area is 152 Å². The van der Waals surface area contributed by atoms with E-state index in [4.69, 9.17) is 0 Å². The van der Waals surface area contributed by atoms with E-state index in [1.807, 2.05) is 9.80 Å². The molecule has 1 aliphatic heterocycles. The number of benzene rings is 1. The van der Waals surface area contributed by atoms with Crippen molar-refractivity contribution in [2.24, 2.45) is 17.8 Å². The molecule has 3 fully saturated rings. The molecule has 1 aromatic rings. The molecule has 4 rings (SSSR count). The Morgan fingerprint density at radius 2 is 1.85 bits per heavy atom. The van der Waals surface area contributed by atoms with E-state index < -0.39 is 11.7 Å². The van der Waals surface area contributed by atoms with Crippen LogP contribution in [-0.4, -0.2) is 37.0 Å². The molecule has 1 aromatic carbocycles. The van der Waals surface area contributed by atoms with Crippen LogP contribution in [-0.2, 0) is 11.0 Å². The van der Waals surface area contributed by atoms with Gasteiger partial charge in [-0.3, -0.25) is 4.79 Å². The molecule has 1 saturated heterocycles. The van der Waals surface area contributed by atoms with Crippen LogP contribution in [0.3, 0.4) is 0 Å². The average Bonchev–Trinajstić information content (AvgIpc) is 3.24. The van der Waals surface area contributed by atoms with Gasteiger partial charge in [0.05, 0.1) is 5.56 Å². The Morgan fingerprint density at radius 1 is 1.08 bits per heavy atom. The first-order chi connectivity index (χ1) is 12.4. The summed E-state index contributed by atoms with van der Waals surface area (Å²) in [5.41, 5.74) is -0.0372. The standard InChI is InChI=1S/C20H25F3N2O/c21-20(22,23)17-2-1-3-18(13-17)24-6-8-25(9-7-24)19(26)12-16-11-14-4-5-15(16)10-14/h1-3,13-16H,4-12H2/t14-,15-,16-/m0/s1. The number of anilines is 1. The van der Waals surface area contributed by atoms with Crippen molar-refractivity contribution in [2.45, 2.75) is 38.3 Å². The van der Waals surface area contributed by atoms with Gasteiger partial charge in [0.1, 0.15) is 0 Å². The van der Waals surface area contributed by atoms with Crippen molar-refractivity contribution in [1.29, 1.82) is 0 Å². The zero-order valence-corrected chi connectivity index (χ0v) is 14.8. The summed E-state index contributed by atoms with van der Waals surface area (Å²) in [4.78, 5) is 16.5. The van der Waals surface area contributed by atoms with Gasteiger partial charge < -0.3 is 9.80 Å². The van der Waals surface area contributed by atoms with E-state index in [1.165, 1.54) is 37.8 Å². The first kappa shape index (κ1) is 17.7. The number of halogens is 3. The molecule has 142 valence electrons. The summed E-state index contributed by atoms with van der Waals surface area (Å²) in [5, 5.41) is 0. The van der Waals surface area contributed by atoms with Crippen molar-refractivity contribution in [1.82, 2.24) is 4.90 Å². The van der Waals surface area contributed by atoms with Gasteiger partial charge in [0, 0.05) is 38.3 Å². The second kappa shape index (κ2) is 6.78. The monoisotopic (exact) mass is 366 g/mol. The lowest BCUT2D eigenvalue weighted by molar-refractivity contribution is -0.137. The van der Waals surface area contributed by atoms with Gasteiger partial charge >= 0.3 is 6.18 Å². The number of hydrogen-bond donors (Lipinski definition) is 0. The first-order valence-corrected chi connectivity index (χ1v) is 9.60. The molecule has 3 nitrogen and oxygen atoms in total. The van der Waals surface area contributed by atoms with Crippen molar-refractivity contribution in [3.8, 4) is 0 Å². The van der Waals surface area contributed by atoms with Gasteiger partial charge in [-0.1, -0.05) is 12.5 Å². The zero-order valence-electron chi connectivity index (χ0n) is 14.8. The number of rotatable bonds is 3. The van der Waals surface area contributed by atoms with Gasteiger partial charge in [-0.05, 0) is 55.2 Å². The molecule has 3 atom stereocenters. The quantitative estimate of drug-likeness (QED) is 0.801. The molecule has 2 aliphatic carbocycles. The number of piperazine rings is 1. The highest BCUT2D eigenvalue weighted by atomic mass is 19.4. The lowest BCUT2D eigenvalue weighted by Crippen LogP contribution is -2.49. The lowest BCUT2D eigenvalue weighted by Gasteiger charge is -2.37. The van der Waals surface area contributed by atoms with E-state index in [9.17, 15) is 18.0 Å². The fourth-order valence-electron chi connectivity index (χ4n) is 5.07. The van der Waals surface area contributed by atoms with Crippen molar-refractivity contribution >= 4 is 11.6 Å². The van der Waals surface area contributed by atoms with E-state index in [0.29, 0.717) is 44.2 Å². The molecule has 2 saturated carbocycles. The number of alkyl halides is 3. The summed E-state index contributed by atoms with van der Waals surface area (Å²) < 4.78 is 38.7. The van der Waals surface area contributed by atoms with Crippen LogP contribution in [0.5, 0.6) is 0 Å². The third kappa shape index (κ3) is 3.55. The van der Waals surface area contributed by atoms with Crippen LogP contribution in [0.4, 0.5) is 18.9 Å².